The van der Waals surface area contributed by atoms with Crippen LogP contribution in [0, 0.1) is 6.92 Å². The molecule has 0 amide bonds. The molecule has 0 saturated heterocycles. The van der Waals surface area contributed by atoms with Gasteiger partial charge in [-0.2, -0.15) is 0 Å². The molecule has 3 rings (SSSR count). The number of rotatable bonds is 3. The molecule has 0 spiro atoms. The molecular weight excluding hydrogens is 262 g/mol. The van der Waals surface area contributed by atoms with Crippen LogP contribution >= 0.6 is 22.9 Å². The van der Waals surface area contributed by atoms with Crippen LogP contribution in [0.2, 0.25) is 5.02 Å². The molecule has 1 N–H and O–H groups in total. The standard InChI is InChI=1S/C15H16ClNS/c1-10-2-5-13(18-10)9-17-15-7-3-11-8-12(16)4-6-14(11)15/h2,4-6,8,15,17H,3,7,9H2,1H3. The van der Waals surface area contributed by atoms with E-state index in [1.807, 2.05) is 17.4 Å². The van der Waals surface area contributed by atoms with E-state index in [-0.39, 0.29) is 0 Å². The molecule has 1 atom stereocenters. The largest absolute Gasteiger partial charge is 0.305 e. The molecule has 3 heteroatoms. The van der Waals surface area contributed by atoms with Crippen molar-refractivity contribution < 1.29 is 0 Å². The summed E-state index contributed by atoms with van der Waals surface area (Å²) in [6.45, 7) is 3.12. The van der Waals surface area contributed by atoms with Crippen molar-refractivity contribution in [1.82, 2.24) is 5.32 Å². The van der Waals surface area contributed by atoms with Gasteiger partial charge in [0.1, 0.15) is 0 Å². The maximum atomic E-state index is 6.03. The number of hydrogen-bond donors (Lipinski definition) is 1. The molecule has 1 aliphatic rings. The molecule has 1 aromatic carbocycles. The van der Waals surface area contributed by atoms with Crippen LogP contribution in [0.4, 0.5) is 0 Å². The molecule has 0 bridgehead atoms. The van der Waals surface area contributed by atoms with Crippen molar-refractivity contribution in [3.05, 3.63) is 56.2 Å². The number of aryl methyl sites for hydroxylation is 2. The molecule has 2 aromatic rings. The molecule has 1 aliphatic carbocycles. The Labute approximate surface area is 117 Å². The second-order valence-corrected chi connectivity index (χ2v) is 6.64. The van der Waals surface area contributed by atoms with Crippen LogP contribution in [0.25, 0.3) is 0 Å². The van der Waals surface area contributed by atoms with Crippen molar-refractivity contribution in [3.63, 3.8) is 0 Å². The fourth-order valence-electron chi connectivity index (χ4n) is 2.60. The van der Waals surface area contributed by atoms with E-state index in [4.69, 9.17) is 11.6 Å². The molecule has 0 radical (unpaired) electrons. The molecule has 1 heterocycles. The van der Waals surface area contributed by atoms with Crippen molar-refractivity contribution in [2.75, 3.05) is 0 Å². The fourth-order valence-corrected chi connectivity index (χ4v) is 3.64. The van der Waals surface area contributed by atoms with Gasteiger partial charge >= 0.3 is 0 Å². The third-order valence-corrected chi connectivity index (χ3v) is 4.74. The highest BCUT2D eigenvalue weighted by atomic mass is 35.5. The zero-order valence-electron chi connectivity index (χ0n) is 10.4. The first-order valence-electron chi connectivity index (χ1n) is 6.29. The van der Waals surface area contributed by atoms with Crippen molar-refractivity contribution in [2.45, 2.75) is 32.4 Å². The molecule has 18 heavy (non-hydrogen) atoms. The Hall–Kier alpha value is -0.830. The second-order valence-electron chi connectivity index (χ2n) is 4.83. The predicted molar refractivity (Wildman–Crippen MR) is 78.4 cm³/mol. The number of fused-ring (bicyclic) bond motifs is 1. The summed E-state index contributed by atoms with van der Waals surface area (Å²) >= 11 is 7.90. The first-order chi connectivity index (χ1) is 8.72. The highest BCUT2D eigenvalue weighted by molar-refractivity contribution is 7.11. The lowest BCUT2D eigenvalue weighted by Gasteiger charge is -2.13. The third kappa shape index (κ3) is 2.46. The zero-order valence-corrected chi connectivity index (χ0v) is 11.9. The molecule has 0 saturated carbocycles. The zero-order chi connectivity index (χ0) is 12.5. The first-order valence-corrected chi connectivity index (χ1v) is 7.49. The SMILES string of the molecule is Cc1ccc(CNC2CCc3cc(Cl)ccc32)s1. The minimum atomic E-state index is 0.486. The van der Waals surface area contributed by atoms with Crippen molar-refractivity contribution >= 4 is 22.9 Å². The van der Waals surface area contributed by atoms with E-state index in [1.165, 1.54) is 27.3 Å². The van der Waals surface area contributed by atoms with Gasteiger partial charge in [-0.1, -0.05) is 17.7 Å². The van der Waals surface area contributed by atoms with Gasteiger partial charge in [-0.15, -0.1) is 11.3 Å². The lowest BCUT2D eigenvalue weighted by Crippen LogP contribution is -2.17. The smallest absolute Gasteiger partial charge is 0.0408 e. The third-order valence-electron chi connectivity index (χ3n) is 3.50. The van der Waals surface area contributed by atoms with Gasteiger partial charge in [0.15, 0.2) is 0 Å². The number of thiophene rings is 1. The molecule has 94 valence electrons. The number of benzene rings is 1. The van der Waals surface area contributed by atoms with Gasteiger partial charge in [-0.05, 0) is 55.2 Å². The second kappa shape index (κ2) is 5.04. The van der Waals surface area contributed by atoms with Crippen LogP contribution in [-0.2, 0) is 13.0 Å². The summed E-state index contributed by atoms with van der Waals surface area (Å²) in [6.07, 6.45) is 2.32. The normalized spacial score (nSPS) is 18.0. The Kier molecular flexibility index (Phi) is 3.42. The van der Waals surface area contributed by atoms with Crippen LogP contribution in [0.15, 0.2) is 30.3 Å². The van der Waals surface area contributed by atoms with Crippen LogP contribution in [-0.4, -0.2) is 0 Å². The van der Waals surface area contributed by atoms with E-state index < -0.39 is 0 Å². The Morgan fingerprint density at radius 1 is 1.33 bits per heavy atom. The summed E-state index contributed by atoms with van der Waals surface area (Å²) in [5.41, 5.74) is 2.83. The molecule has 1 nitrogen and oxygen atoms in total. The number of hydrogen-bond acceptors (Lipinski definition) is 2. The monoisotopic (exact) mass is 277 g/mol. The van der Waals surface area contributed by atoms with Crippen molar-refractivity contribution in [1.29, 1.82) is 0 Å². The van der Waals surface area contributed by atoms with Crippen molar-refractivity contribution in [3.8, 4) is 0 Å². The highest BCUT2D eigenvalue weighted by Crippen LogP contribution is 2.33. The van der Waals surface area contributed by atoms with E-state index in [1.54, 1.807) is 0 Å². The first kappa shape index (κ1) is 12.2. The summed E-state index contributed by atoms with van der Waals surface area (Å²) in [5, 5.41) is 4.50. The minimum Gasteiger partial charge on any atom is -0.305 e. The van der Waals surface area contributed by atoms with Gasteiger partial charge in [-0.3, -0.25) is 0 Å². The van der Waals surface area contributed by atoms with Gasteiger partial charge in [0.05, 0.1) is 0 Å². The van der Waals surface area contributed by atoms with Gasteiger partial charge in [0, 0.05) is 27.4 Å². The molecule has 1 aromatic heterocycles. The van der Waals surface area contributed by atoms with Gasteiger partial charge in [0.25, 0.3) is 0 Å². The van der Waals surface area contributed by atoms with Crippen molar-refractivity contribution in [2.24, 2.45) is 0 Å². The van der Waals surface area contributed by atoms with E-state index in [0.29, 0.717) is 6.04 Å². The highest BCUT2D eigenvalue weighted by Gasteiger charge is 2.21. The van der Waals surface area contributed by atoms with E-state index in [9.17, 15) is 0 Å². The molecular formula is C15H16ClNS. The summed E-state index contributed by atoms with van der Waals surface area (Å²) < 4.78 is 0. The summed E-state index contributed by atoms with van der Waals surface area (Å²) in [5.74, 6) is 0. The van der Waals surface area contributed by atoms with E-state index >= 15 is 0 Å². The lowest BCUT2D eigenvalue weighted by atomic mass is 10.1. The maximum absolute atomic E-state index is 6.03. The Bertz CT molecular complexity index is 561. The summed E-state index contributed by atoms with van der Waals surface area (Å²) in [6, 6.07) is 11.2. The average molecular weight is 278 g/mol. The van der Waals surface area contributed by atoms with Crippen LogP contribution < -0.4 is 5.32 Å². The molecule has 0 fully saturated rings. The van der Waals surface area contributed by atoms with E-state index in [2.05, 4.69) is 36.5 Å². The quantitative estimate of drug-likeness (QED) is 0.872. The Morgan fingerprint density at radius 2 is 2.22 bits per heavy atom. The average Bonchev–Trinajstić information content (AvgIpc) is 2.92. The minimum absolute atomic E-state index is 0.486. The summed E-state index contributed by atoms with van der Waals surface area (Å²) in [7, 11) is 0. The lowest BCUT2D eigenvalue weighted by molar-refractivity contribution is 0.533. The van der Waals surface area contributed by atoms with Crippen LogP contribution in [0.5, 0.6) is 0 Å². The number of halogens is 1. The maximum Gasteiger partial charge on any atom is 0.0408 e. The molecule has 0 aliphatic heterocycles. The predicted octanol–water partition coefficient (Wildman–Crippen LogP) is 4.49. The van der Waals surface area contributed by atoms with E-state index in [0.717, 1.165) is 18.0 Å². The Morgan fingerprint density at radius 3 is 3.00 bits per heavy atom. The fraction of sp³-hybridized carbons (Fsp3) is 0.333. The van der Waals surface area contributed by atoms with Crippen LogP contribution in [0.3, 0.4) is 0 Å². The summed E-state index contributed by atoms with van der Waals surface area (Å²) in [4.78, 5) is 2.79. The molecule has 1 unspecified atom stereocenters. The van der Waals surface area contributed by atoms with Gasteiger partial charge in [0.2, 0.25) is 0 Å². The topological polar surface area (TPSA) is 12.0 Å². The van der Waals surface area contributed by atoms with Crippen LogP contribution in [0.1, 0.15) is 33.3 Å². The number of nitrogens with one attached hydrogen (secondary N) is 1. The van der Waals surface area contributed by atoms with Gasteiger partial charge < -0.3 is 5.32 Å². The van der Waals surface area contributed by atoms with Gasteiger partial charge in [-0.25, -0.2) is 0 Å². The Balaban J connectivity index is 1.69.